The van der Waals surface area contributed by atoms with Crippen LogP contribution in [0, 0.1) is 17.2 Å². The zero-order valence-electron chi connectivity index (χ0n) is 12.3. The van der Waals surface area contributed by atoms with Crippen LogP contribution in [-0.4, -0.2) is 10.3 Å². The van der Waals surface area contributed by atoms with E-state index in [1.165, 1.54) is 0 Å². The zero-order valence-corrected chi connectivity index (χ0v) is 13.9. The second-order valence-corrected chi connectivity index (χ2v) is 6.59. The van der Waals surface area contributed by atoms with Crippen LogP contribution >= 0.6 is 23.1 Å². The summed E-state index contributed by atoms with van der Waals surface area (Å²) < 4.78 is 3.96. The average Bonchev–Trinajstić information content (AvgIpc) is 2.83. The van der Waals surface area contributed by atoms with Gasteiger partial charge in [0.05, 0.1) is 0 Å². The third kappa shape index (κ3) is 3.63. The predicted molar refractivity (Wildman–Crippen MR) is 91.6 cm³/mol. The molecule has 3 rings (SSSR count). The Bertz CT molecular complexity index is 764. The van der Waals surface area contributed by atoms with Gasteiger partial charge in [-0.1, -0.05) is 30.2 Å². The van der Waals surface area contributed by atoms with Crippen LogP contribution in [0.1, 0.15) is 30.4 Å². The number of amides is 1. The van der Waals surface area contributed by atoms with E-state index in [4.69, 9.17) is 16.9 Å². The maximum atomic E-state index is 12.0. The van der Waals surface area contributed by atoms with E-state index in [0.717, 1.165) is 42.0 Å². The lowest BCUT2D eigenvalue weighted by Gasteiger charge is -2.24. The second-order valence-electron chi connectivity index (χ2n) is 5.46. The molecule has 0 unspecified atom stereocenters. The predicted octanol–water partition coefficient (Wildman–Crippen LogP) is 4.02. The summed E-state index contributed by atoms with van der Waals surface area (Å²) in [6, 6.07) is 9.71. The van der Waals surface area contributed by atoms with Gasteiger partial charge >= 0.3 is 0 Å². The van der Waals surface area contributed by atoms with E-state index in [2.05, 4.69) is 15.0 Å². The highest BCUT2D eigenvalue weighted by atomic mass is 35.5. The van der Waals surface area contributed by atoms with Crippen molar-refractivity contribution in [2.24, 2.45) is 5.92 Å². The Kier molecular flexibility index (Phi) is 4.79. The summed E-state index contributed by atoms with van der Waals surface area (Å²) >= 11 is 7.01. The van der Waals surface area contributed by atoms with E-state index < -0.39 is 0 Å². The fourth-order valence-corrected chi connectivity index (χ4v) is 3.27. The monoisotopic (exact) mass is 346 g/mol. The first-order chi connectivity index (χ1) is 11.2. The summed E-state index contributed by atoms with van der Waals surface area (Å²) in [5.41, 5.74) is 2.17. The summed E-state index contributed by atoms with van der Waals surface area (Å²) in [5.74, 6) is 0.261. The average molecular weight is 347 g/mol. The van der Waals surface area contributed by atoms with Gasteiger partial charge in [0.25, 0.3) is 0 Å². The minimum absolute atomic E-state index is 0.0994. The lowest BCUT2D eigenvalue weighted by Crippen LogP contribution is -2.28. The van der Waals surface area contributed by atoms with Crippen molar-refractivity contribution < 1.29 is 4.79 Å². The van der Waals surface area contributed by atoms with Crippen molar-refractivity contribution in [1.29, 1.82) is 5.26 Å². The SMILES string of the molecule is N#Cc1c(Cl)nsc1NCc1cccc(NC(=O)C2CCC2)c1. The number of rotatable bonds is 5. The van der Waals surface area contributed by atoms with Gasteiger partial charge in [-0.3, -0.25) is 4.79 Å². The molecule has 0 radical (unpaired) electrons. The van der Waals surface area contributed by atoms with Crippen molar-refractivity contribution >= 4 is 39.7 Å². The second kappa shape index (κ2) is 6.99. The molecule has 2 aromatic rings. The van der Waals surface area contributed by atoms with Gasteiger partial charge in [-0.2, -0.15) is 9.64 Å². The van der Waals surface area contributed by atoms with Gasteiger partial charge in [0, 0.05) is 18.2 Å². The Hall–Kier alpha value is -2.10. The molecule has 7 heteroatoms. The molecule has 0 bridgehead atoms. The largest absolute Gasteiger partial charge is 0.370 e. The van der Waals surface area contributed by atoms with Crippen LogP contribution in [0.15, 0.2) is 24.3 Å². The number of hydrogen-bond donors (Lipinski definition) is 2. The smallest absolute Gasteiger partial charge is 0.227 e. The van der Waals surface area contributed by atoms with Gasteiger partial charge in [0.2, 0.25) is 5.91 Å². The first kappa shape index (κ1) is 15.8. The minimum Gasteiger partial charge on any atom is -0.370 e. The minimum atomic E-state index is 0.0994. The molecule has 1 aromatic carbocycles. The molecule has 1 aliphatic carbocycles. The molecule has 1 amide bonds. The Morgan fingerprint density at radius 1 is 1.48 bits per heavy atom. The molecule has 0 atom stereocenters. The van der Waals surface area contributed by atoms with Crippen molar-refractivity contribution in [3.8, 4) is 6.07 Å². The summed E-state index contributed by atoms with van der Waals surface area (Å²) in [6.45, 7) is 0.528. The normalized spacial score (nSPS) is 13.9. The lowest BCUT2D eigenvalue weighted by molar-refractivity contribution is -0.122. The summed E-state index contributed by atoms with van der Waals surface area (Å²) in [4.78, 5) is 12.0. The van der Waals surface area contributed by atoms with E-state index in [1.54, 1.807) is 0 Å². The number of carbonyl (C=O) groups is 1. The van der Waals surface area contributed by atoms with Gasteiger partial charge in [-0.25, -0.2) is 0 Å². The van der Waals surface area contributed by atoms with Crippen LogP contribution in [-0.2, 0) is 11.3 Å². The van der Waals surface area contributed by atoms with Crippen LogP contribution in [0.25, 0.3) is 0 Å². The fraction of sp³-hybridized carbons (Fsp3) is 0.312. The molecule has 1 fully saturated rings. The number of aromatic nitrogens is 1. The number of benzene rings is 1. The maximum absolute atomic E-state index is 12.0. The number of hydrogen-bond acceptors (Lipinski definition) is 5. The van der Waals surface area contributed by atoms with E-state index in [0.29, 0.717) is 17.1 Å². The van der Waals surface area contributed by atoms with Gasteiger partial charge in [-0.05, 0) is 42.1 Å². The molecule has 5 nitrogen and oxygen atoms in total. The third-order valence-electron chi connectivity index (χ3n) is 3.89. The van der Waals surface area contributed by atoms with Gasteiger partial charge in [0.15, 0.2) is 5.15 Å². The van der Waals surface area contributed by atoms with Crippen molar-refractivity contribution in [2.75, 3.05) is 10.6 Å². The van der Waals surface area contributed by atoms with Crippen molar-refractivity contribution in [2.45, 2.75) is 25.8 Å². The number of nitriles is 1. The van der Waals surface area contributed by atoms with Crippen LogP contribution in [0.3, 0.4) is 0 Å². The summed E-state index contributed by atoms with van der Waals surface area (Å²) in [5, 5.41) is 16.1. The van der Waals surface area contributed by atoms with E-state index in [9.17, 15) is 4.79 Å². The topological polar surface area (TPSA) is 77.8 Å². The van der Waals surface area contributed by atoms with Crippen molar-refractivity contribution in [1.82, 2.24) is 4.37 Å². The molecule has 1 saturated carbocycles. The molecule has 1 aromatic heterocycles. The fourth-order valence-electron chi connectivity index (χ4n) is 2.34. The highest BCUT2D eigenvalue weighted by Gasteiger charge is 2.25. The molecule has 23 heavy (non-hydrogen) atoms. The van der Waals surface area contributed by atoms with Crippen molar-refractivity contribution in [3.63, 3.8) is 0 Å². The lowest BCUT2D eigenvalue weighted by atomic mass is 9.85. The van der Waals surface area contributed by atoms with Crippen LogP contribution in [0.4, 0.5) is 10.7 Å². The number of halogens is 1. The molecule has 1 heterocycles. The molecule has 0 aliphatic heterocycles. The number of nitrogens with zero attached hydrogens (tertiary/aromatic N) is 2. The van der Waals surface area contributed by atoms with Gasteiger partial charge in [0.1, 0.15) is 16.6 Å². The number of nitrogens with one attached hydrogen (secondary N) is 2. The van der Waals surface area contributed by atoms with Gasteiger partial charge < -0.3 is 10.6 Å². The van der Waals surface area contributed by atoms with E-state index in [1.807, 2.05) is 30.3 Å². The molecule has 118 valence electrons. The third-order valence-corrected chi connectivity index (χ3v) is 5.06. The first-order valence-electron chi connectivity index (χ1n) is 7.36. The Labute approximate surface area is 143 Å². The molecule has 1 aliphatic rings. The van der Waals surface area contributed by atoms with Gasteiger partial charge in [-0.15, -0.1) is 0 Å². The number of carbonyl (C=O) groups excluding carboxylic acids is 1. The molecular weight excluding hydrogens is 332 g/mol. The molecule has 2 N–H and O–H groups in total. The standard InChI is InChI=1S/C16H15ClN4OS/c17-14-13(8-18)16(23-21-14)19-9-10-3-1-6-12(7-10)20-15(22)11-4-2-5-11/h1,3,6-7,11,19H,2,4-5,9H2,(H,20,22). The molecular formula is C16H15ClN4OS. The van der Waals surface area contributed by atoms with E-state index >= 15 is 0 Å². The molecule has 0 saturated heterocycles. The van der Waals surface area contributed by atoms with Crippen molar-refractivity contribution in [3.05, 3.63) is 40.5 Å². The van der Waals surface area contributed by atoms with Crippen LogP contribution in [0.2, 0.25) is 5.15 Å². The molecule has 0 spiro atoms. The zero-order chi connectivity index (χ0) is 16.2. The number of anilines is 2. The van der Waals surface area contributed by atoms with Crippen LogP contribution < -0.4 is 10.6 Å². The quantitative estimate of drug-likeness (QED) is 0.857. The summed E-state index contributed by atoms with van der Waals surface area (Å²) in [7, 11) is 0. The van der Waals surface area contributed by atoms with E-state index in [-0.39, 0.29) is 17.0 Å². The summed E-state index contributed by atoms with van der Waals surface area (Å²) in [6.07, 6.45) is 3.10. The van der Waals surface area contributed by atoms with Crippen LogP contribution in [0.5, 0.6) is 0 Å². The highest BCUT2D eigenvalue weighted by molar-refractivity contribution is 7.10. The Morgan fingerprint density at radius 2 is 2.30 bits per heavy atom. The highest BCUT2D eigenvalue weighted by Crippen LogP contribution is 2.29. The Morgan fingerprint density at radius 3 is 3.00 bits per heavy atom. The maximum Gasteiger partial charge on any atom is 0.227 e. The Balaban J connectivity index is 1.63. The first-order valence-corrected chi connectivity index (χ1v) is 8.51.